The van der Waals surface area contributed by atoms with Crippen LogP contribution in [-0.2, 0) is 7.05 Å². The Bertz CT molecular complexity index is 485. The molecule has 2 rings (SSSR count). The van der Waals surface area contributed by atoms with Crippen molar-refractivity contribution < 1.29 is 5.11 Å². The van der Waals surface area contributed by atoms with Crippen molar-refractivity contribution in [2.45, 2.75) is 24.3 Å². The molecular formula is C11H16N4OS. The lowest BCUT2D eigenvalue weighted by Gasteiger charge is -2.01. The number of fused-ring (bicyclic) bond motifs is 1. The highest BCUT2D eigenvalue weighted by molar-refractivity contribution is 7.99. The van der Waals surface area contributed by atoms with Gasteiger partial charge in [-0.25, -0.2) is 9.97 Å². The summed E-state index contributed by atoms with van der Waals surface area (Å²) >= 11 is 1.73. The van der Waals surface area contributed by atoms with Gasteiger partial charge in [0.25, 0.3) is 0 Å². The zero-order chi connectivity index (χ0) is 12.1. The molecule has 5 nitrogen and oxygen atoms in total. The Balaban J connectivity index is 1.99. The third kappa shape index (κ3) is 2.95. The summed E-state index contributed by atoms with van der Waals surface area (Å²) < 4.78 is 1.76. The van der Waals surface area contributed by atoms with Crippen molar-refractivity contribution in [2.24, 2.45) is 7.05 Å². The van der Waals surface area contributed by atoms with E-state index in [-0.39, 0.29) is 6.61 Å². The first-order valence-corrected chi connectivity index (χ1v) is 6.68. The second-order valence-corrected chi connectivity index (χ2v) is 4.90. The maximum Gasteiger partial charge on any atom is 0.162 e. The highest BCUT2D eigenvalue weighted by Crippen LogP contribution is 2.24. The van der Waals surface area contributed by atoms with Crippen LogP contribution in [0.5, 0.6) is 0 Å². The van der Waals surface area contributed by atoms with E-state index in [1.165, 1.54) is 0 Å². The molecule has 0 aromatic carbocycles. The van der Waals surface area contributed by atoms with Gasteiger partial charge in [0.2, 0.25) is 0 Å². The van der Waals surface area contributed by atoms with Gasteiger partial charge in [0.1, 0.15) is 11.4 Å². The van der Waals surface area contributed by atoms with Gasteiger partial charge in [0, 0.05) is 13.7 Å². The zero-order valence-corrected chi connectivity index (χ0v) is 10.7. The maximum atomic E-state index is 8.69. The van der Waals surface area contributed by atoms with Crippen molar-refractivity contribution in [1.29, 1.82) is 0 Å². The number of unbranched alkanes of at least 4 members (excludes halogenated alkanes) is 2. The van der Waals surface area contributed by atoms with Gasteiger partial charge in [0.15, 0.2) is 5.65 Å². The number of hydrogen-bond donors (Lipinski definition) is 1. The predicted octanol–water partition coefficient (Wildman–Crippen LogP) is 1.62. The molecule has 0 bridgehead atoms. The van der Waals surface area contributed by atoms with Crippen molar-refractivity contribution in [1.82, 2.24) is 19.7 Å². The largest absolute Gasteiger partial charge is 0.396 e. The quantitative estimate of drug-likeness (QED) is 0.481. The summed E-state index contributed by atoms with van der Waals surface area (Å²) in [4.78, 5) is 8.49. The van der Waals surface area contributed by atoms with E-state index in [9.17, 15) is 0 Å². The number of rotatable bonds is 6. The Morgan fingerprint density at radius 2 is 2.18 bits per heavy atom. The van der Waals surface area contributed by atoms with Gasteiger partial charge >= 0.3 is 0 Å². The molecule has 0 saturated carbocycles. The van der Waals surface area contributed by atoms with E-state index < -0.39 is 0 Å². The van der Waals surface area contributed by atoms with Crippen molar-refractivity contribution in [3.8, 4) is 0 Å². The minimum atomic E-state index is 0.283. The van der Waals surface area contributed by atoms with E-state index in [1.807, 2.05) is 13.2 Å². The molecule has 0 radical (unpaired) electrons. The number of nitrogens with zero attached hydrogens (tertiary/aromatic N) is 4. The van der Waals surface area contributed by atoms with E-state index in [2.05, 4.69) is 15.1 Å². The smallest absolute Gasteiger partial charge is 0.162 e. The number of aromatic nitrogens is 4. The minimum Gasteiger partial charge on any atom is -0.396 e. The van der Waals surface area contributed by atoms with Crippen LogP contribution in [0.4, 0.5) is 0 Å². The highest BCUT2D eigenvalue weighted by Gasteiger charge is 2.07. The Kier molecular flexibility index (Phi) is 4.33. The molecule has 0 amide bonds. The number of aliphatic hydroxyl groups excluding tert-OH is 1. The van der Waals surface area contributed by atoms with Crippen LogP contribution in [0.2, 0.25) is 0 Å². The molecule has 2 aromatic heterocycles. The molecule has 0 aliphatic heterocycles. The summed E-state index contributed by atoms with van der Waals surface area (Å²) in [6, 6.07) is 0. The van der Waals surface area contributed by atoms with E-state index in [0.29, 0.717) is 0 Å². The van der Waals surface area contributed by atoms with E-state index in [4.69, 9.17) is 5.11 Å². The van der Waals surface area contributed by atoms with Crippen LogP contribution in [0, 0.1) is 0 Å². The maximum absolute atomic E-state index is 8.69. The lowest BCUT2D eigenvalue weighted by Crippen LogP contribution is -1.93. The van der Waals surface area contributed by atoms with E-state index in [1.54, 1.807) is 22.8 Å². The van der Waals surface area contributed by atoms with Gasteiger partial charge in [-0.3, -0.25) is 4.68 Å². The van der Waals surface area contributed by atoms with E-state index in [0.717, 1.165) is 41.1 Å². The minimum absolute atomic E-state index is 0.283. The third-order valence-electron chi connectivity index (χ3n) is 2.53. The molecule has 1 N–H and O–H groups in total. The van der Waals surface area contributed by atoms with Gasteiger partial charge in [-0.1, -0.05) is 6.42 Å². The Hall–Kier alpha value is -1.14. The molecule has 0 saturated heterocycles. The second-order valence-electron chi connectivity index (χ2n) is 3.82. The van der Waals surface area contributed by atoms with Crippen LogP contribution in [-0.4, -0.2) is 37.2 Å². The van der Waals surface area contributed by atoms with Crippen LogP contribution < -0.4 is 0 Å². The normalized spacial score (nSPS) is 11.2. The third-order valence-corrected chi connectivity index (χ3v) is 3.63. The van der Waals surface area contributed by atoms with Crippen molar-refractivity contribution in [3.05, 3.63) is 12.5 Å². The predicted molar refractivity (Wildman–Crippen MR) is 68.0 cm³/mol. The van der Waals surface area contributed by atoms with Gasteiger partial charge < -0.3 is 5.11 Å². The first kappa shape index (κ1) is 12.3. The van der Waals surface area contributed by atoms with Crippen LogP contribution in [0.3, 0.4) is 0 Å². The number of aryl methyl sites for hydroxylation is 1. The topological polar surface area (TPSA) is 63.8 Å². The summed E-state index contributed by atoms with van der Waals surface area (Å²) in [5.74, 6) is 1.01. The Morgan fingerprint density at radius 1 is 1.29 bits per heavy atom. The molecule has 0 atom stereocenters. The van der Waals surface area contributed by atoms with Crippen LogP contribution in [0.25, 0.3) is 11.0 Å². The molecule has 0 unspecified atom stereocenters. The van der Waals surface area contributed by atoms with Crippen LogP contribution >= 0.6 is 11.8 Å². The summed E-state index contributed by atoms with van der Waals surface area (Å²) in [5, 5.41) is 14.9. The number of thioether (sulfide) groups is 1. The Morgan fingerprint density at radius 3 is 3.00 bits per heavy atom. The first-order valence-electron chi connectivity index (χ1n) is 5.69. The van der Waals surface area contributed by atoms with E-state index >= 15 is 0 Å². The average molecular weight is 252 g/mol. The molecule has 0 spiro atoms. The molecule has 6 heteroatoms. The Labute approximate surface area is 104 Å². The van der Waals surface area contributed by atoms with Gasteiger partial charge in [0.05, 0.1) is 11.6 Å². The van der Waals surface area contributed by atoms with Crippen LogP contribution in [0.15, 0.2) is 17.6 Å². The molecule has 0 aliphatic carbocycles. The SMILES string of the molecule is Cn1ncc2c(SCCCCCO)ncnc21. The van der Waals surface area contributed by atoms with Crippen LogP contribution in [0.1, 0.15) is 19.3 Å². The van der Waals surface area contributed by atoms with Crippen molar-refractivity contribution in [3.63, 3.8) is 0 Å². The summed E-state index contributed by atoms with van der Waals surface area (Å²) in [6.07, 6.45) is 6.43. The molecule has 2 aromatic rings. The zero-order valence-electron chi connectivity index (χ0n) is 9.83. The summed E-state index contributed by atoms with van der Waals surface area (Å²) in [7, 11) is 1.88. The second kappa shape index (κ2) is 5.97. The lowest BCUT2D eigenvalue weighted by atomic mass is 10.3. The molecule has 2 heterocycles. The summed E-state index contributed by atoms with van der Waals surface area (Å²) in [6.45, 7) is 0.283. The standard InChI is InChI=1S/C11H16N4OS/c1-15-10-9(7-14-15)11(13-8-12-10)17-6-4-2-3-5-16/h7-8,16H,2-6H2,1H3. The fraction of sp³-hybridized carbons (Fsp3) is 0.545. The monoisotopic (exact) mass is 252 g/mol. The van der Waals surface area contributed by atoms with Crippen molar-refractivity contribution in [2.75, 3.05) is 12.4 Å². The average Bonchev–Trinajstić information content (AvgIpc) is 2.72. The highest BCUT2D eigenvalue weighted by atomic mass is 32.2. The molecule has 17 heavy (non-hydrogen) atoms. The first-order chi connectivity index (χ1) is 8.33. The molecule has 92 valence electrons. The fourth-order valence-corrected chi connectivity index (χ4v) is 2.58. The van der Waals surface area contributed by atoms with Gasteiger partial charge in [-0.15, -0.1) is 11.8 Å². The molecule has 0 aliphatic rings. The molecular weight excluding hydrogens is 236 g/mol. The number of hydrogen-bond acceptors (Lipinski definition) is 5. The molecule has 0 fully saturated rings. The van der Waals surface area contributed by atoms with Gasteiger partial charge in [-0.2, -0.15) is 5.10 Å². The van der Waals surface area contributed by atoms with Crippen molar-refractivity contribution >= 4 is 22.8 Å². The number of aliphatic hydroxyl groups is 1. The lowest BCUT2D eigenvalue weighted by molar-refractivity contribution is 0.284. The van der Waals surface area contributed by atoms with Gasteiger partial charge in [-0.05, 0) is 18.6 Å². The fourth-order valence-electron chi connectivity index (χ4n) is 1.62. The summed E-state index contributed by atoms with van der Waals surface area (Å²) in [5.41, 5.74) is 0.873.